The fourth-order valence-electron chi connectivity index (χ4n) is 0.793. The summed E-state index contributed by atoms with van der Waals surface area (Å²) in [5, 5.41) is 6.99. The fourth-order valence-corrected chi connectivity index (χ4v) is 0.793. The molecule has 1 aromatic heterocycles. The maximum atomic E-state index is 6.99. The number of aryl methyl sites for hydroxylation is 1. The van der Waals surface area contributed by atoms with Crippen LogP contribution in [0.25, 0.3) is 0 Å². The second kappa shape index (κ2) is 5.29. The third-order valence-electron chi connectivity index (χ3n) is 1.36. The first-order valence-corrected chi connectivity index (χ1v) is 3.96. The zero-order valence-corrected chi connectivity index (χ0v) is 7.76. The van der Waals surface area contributed by atoms with Crippen LogP contribution in [0.15, 0.2) is 12.4 Å². The van der Waals surface area contributed by atoms with E-state index in [-0.39, 0.29) is 0 Å². The molecule has 0 amide bonds. The average molecular weight is 165 g/mol. The van der Waals surface area contributed by atoms with Gasteiger partial charge in [-0.3, -0.25) is 4.98 Å². The van der Waals surface area contributed by atoms with E-state index in [4.69, 9.17) is 11.1 Å². The molecule has 0 saturated carbocycles. The fraction of sp³-hybridized carbons (Fsp3) is 0.333. The molecule has 12 heavy (non-hydrogen) atoms. The molecular formula is C9H15N3. The maximum Gasteiger partial charge on any atom is 0.0592 e. The van der Waals surface area contributed by atoms with Crippen LogP contribution in [0.4, 0.5) is 5.69 Å². The summed E-state index contributed by atoms with van der Waals surface area (Å²) in [6, 6.07) is 0. The summed E-state index contributed by atoms with van der Waals surface area (Å²) in [6.07, 6.45) is 4.48. The molecule has 0 atom stereocenters. The summed E-state index contributed by atoms with van der Waals surface area (Å²) in [6.45, 7) is 5.88. The molecule has 3 N–H and O–H groups in total. The van der Waals surface area contributed by atoms with Crippen LogP contribution in [0.5, 0.6) is 0 Å². The Kier molecular flexibility index (Phi) is 4.69. The van der Waals surface area contributed by atoms with Gasteiger partial charge in [-0.25, -0.2) is 0 Å². The molecule has 0 aromatic carbocycles. The highest BCUT2D eigenvalue weighted by Crippen LogP contribution is 2.10. The first-order chi connectivity index (χ1) is 5.75. The molecule has 0 spiro atoms. The van der Waals surface area contributed by atoms with Crippen molar-refractivity contribution in [2.24, 2.45) is 0 Å². The number of nitrogens with zero attached hydrogens (tertiary/aromatic N) is 1. The van der Waals surface area contributed by atoms with Crippen molar-refractivity contribution in [3.63, 3.8) is 0 Å². The molecule has 0 unspecified atom stereocenters. The number of nitrogen functional groups attached to an aromatic ring is 1. The zero-order valence-electron chi connectivity index (χ0n) is 7.76. The van der Waals surface area contributed by atoms with Crippen LogP contribution >= 0.6 is 0 Å². The van der Waals surface area contributed by atoms with Gasteiger partial charge in [-0.2, -0.15) is 0 Å². The second-order valence-electron chi connectivity index (χ2n) is 2.10. The molecule has 66 valence electrons. The van der Waals surface area contributed by atoms with Gasteiger partial charge in [-0.15, -0.1) is 0 Å². The zero-order chi connectivity index (χ0) is 9.56. The minimum Gasteiger partial charge on any atom is -0.397 e. The van der Waals surface area contributed by atoms with Gasteiger partial charge in [-0.1, -0.05) is 13.8 Å². The Bertz CT molecular complexity index is 236. The highest BCUT2D eigenvalue weighted by molar-refractivity contribution is 5.86. The van der Waals surface area contributed by atoms with Crippen LogP contribution in [0.2, 0.25) is 0 Å². The van der Waals surface area contributed by atoms with Gasteiger partial charge in [-0.05, 0) is 12.5 Å². The average Bonchev–Trinajstić information content (AvgIpc) is 2.08. The number of nitrogens with one attached hydrogen (secondary N) is 1. The molecule has 3 heteroatoms. The van der Waals surface area contributed by atoms with E-state index >= 15 is 0 Å². The van der Waals surface area contributed by atoms with Crippen molar-refractivity contribution in [1.82, 2.24) is 4.98 Å². The molecule has 0 fully saturated rings. The van der Waals surface area contributed by atoms with Crippen molar-refractivity contribution in [2.75, 3.05) is 5.73 Å². The Morgan fingerprint density at radius 1 is 1.42 bits per heavy atom. The number of rotatable bonds is 1. The quantitative estimate of drug-likeness (QED) is 0.625. The van der Waals surface area contributed by atoms with Crippen molar-refractivity contribution in [1.29, 1.82) is 5.41 Å². The minimum absolute atomic E-state index is 0.565. The predicted molar refractivity (Wildman–Crippen MR) is 52.6 cm³/mol. The van der Waals surface area contributed by atoms with E-state index in [1.807, 2.05) is 20.8 Å². The minimum atomic E-state index is 0.565. The Morgan fingerprint density at radius 2 is 2.00 bits per heavy atom. The van der Waals surface area contributed by atoms with Crippen LogP contribution in [0.1, 0.15) is 25.0 Å². The van der Waals surface area contributed by atoms with Gasteiger partial charge in [0.05, 0.1) is 11.9 Å². The van der Waals surface area contributed by atoms with E-state index < -0.39 is 0 Å². The molecule has 1 rings (SSSR count). The number of hydrogen-bond acceptors (Lipinski definition) is 3. The largest absolute Gasteiger partial charge is 0.397 e. The summed E-state index contributed by atoms with van der Waals surface area (Å²) in [5.41, 5.74) is 7.78. The molecular weight excluding hydrogens is 150 g/mol. The van der Waals surface area contributed by atoms with E-state index in [1.54, 1.807) is 12.4 Å². The van der Waals surface area contributed by atoms with E-state index in [2.05, 4.69) is 4.98 Å². The van der Waals surface area contributed by atoms with Gasteiger partial charge < -0.3 is 11.1 Å². The monoisotopic (exact) mass is 165 g/mol. The van der Waals surface area contributed by atoms with Crippen LogP contribution in [0, 0.1) is 12.3 Å². The molecule has 0 saturated heterocycles. The van der Waals surface area contributed by atoms with Crippen molar-refractivity contribution < 1.29 is 0 Å². The van der Waals surface area contributed by atoms with E-state index in [0.717, 1.165) is 11.1 Å². The highest BCUT2D eigenvalue weighted by atomic mass is 14.7. The number of nitrogens with two attached hydrogens (primary N) is 1. The predicted octanol–water partition coefficient (Wildman–Crippen LogP) is 2.00. The first kappa shape index (κ1) is 10.6. The van der Waals surface area contributed by atoms with Crippen molar-refractivity contribution >= 4 is 11.9 Å². The van der Waals surface area contributed by atoms with E-state index in [1.165, 1.54) is 6.21 Å². The Morgan fingerprint density at radius 3 is 2.33 bits per heavy atom. The highest BCUT2D eigenvalue weighted by Gasteiger charge is 1.97. The lowest BCUT2D eigenvalue weighted by molar-refractivity contribution is 1.26. The lowest BCUT2D eigenvalue weighted by Crippen LogP contribution is -1.96. The molecule has 1 heterocycles. The van der Waals surface area contributed by atoms with Gasteiger partial charge in [0.2, 0.25) is 0 Å². The lowest BCUT2D eigenvalue weighted by Gasteiger charge is -2.00. The van der Waals surface area contributed by atoms with Gasteiger partial charge in [0.15, 0.2) is 0 Å². The number of aromatic nitrogens is 1. The van der Waals surface area contributed by atoms with Gasteiger partial charge in [0.25, 0.3) is 0 Å². The van der Waals surface area contributed by atoms with Crippen LogP contribution in [0.3, 0.4) is 0 Å². The molecule has 0 bridgehead atoms. The summed E-state index contributed by atoms with van der Waals surface area (Å²) in [7, 11) is 0. The second-order valence-corrected chi connectivity index (χ2v) is 2.10. The van der Waals surface area contributed by atoms with Crippen molar-refractivity contribution in [3.8, 4) is 0 Å². The SMILES string of the molecule is CC.Cc1cncc(N)c1C=N. The summed E-state index contributed by atoms with van der Waals surface area (Å²) in [5.74, 6) is 0. The standard InChI is InChI=1S/C7H9N3.C2H6/c1-5-3-10-4-7(9)6(5)2-8;1-2/h2-4,8H,9H2,1H3;1-2H3. The molecule has 3 nitrogen and oxygen atoms in total. The van der Waals surface area contributed by atoms with Crippen LogP contribution in [-0.2, 0) is 0 Å². The Balaban J connectivity index is 0.000000561. The van der Waals surface area contributed by atoms with Crippen LogP contribution in [-0.4, -0.2) is 11.2 Å². The van der Waals surface area contributed by atoms with Gasteiger partial charge >= 0.3 is 0 Å². The molecule has 0 aliphatic carbocycles. The topological polar surface area (TPSA) is 62.8 Å². The third kappa shape index (κ3) is 2.34. The molecule has 0 aliphatic heterocycles. The first-order valence-electron chi connectivity index (χ1n) is 3.96. The van der Waals surface area contributed by atoms with E-state index in [9.17, 15) is 0 Å². The Hall–Kier alpha value is -1.38. The van der Waals surface area contributed by atoms with Crippen LogP contribution < -0.4 is 5.73 Å². The smallest absolute Gasteiger partial charge is 0.0592 e. The number of anilines is 1. The summed E-state index contributed by atoms with van der Waals surface area (Å²) in [4.78, 5) is 3.86. The third-order valence-corrected chi connectivity index (χ3v) is 1.36. The molecule has 0 aliphatic rings. The lowest BCUT2D eigenvalue weighted by atomic mass is 10.1. The molecule has 0 radical (unpaired) electrons. The summed E-state index contributed by atoms with van der Waals surface area (Å²) < 4.78 is 0. The number of pyridine rings is 1. The van der Waals surface area contributed by atoms with E-state index in [0.29, 0.717) is 5.69 Å². The molecule has 1 aromatic rings. The Labute approximate surface area is 73.1 Å². The van der Waals surface area contributed by atoms with Gasteiger partial charge in [0, 0.05) is 18.0 Å². The normalized spacial score (nSPS) is 8.25. The number of hydrogen-bond donors (Lipinski definition) is 2. The van der Waals surface area contributed by atoms with Crippen molar-refractivity contribution in [2.45, 2.75) is 20.8 Å². The van der Waals surface area contributed by atoms with Crippen molar-refractivity contribution in [3.05, 3.63) is 23.5 Å². The maximum absolute atomic E-state index is 6.99. The van der Waals surface area contributed by atoms with Gasteiger partial charge in [0.1, 0.15) is 0 Å². The summed E-state index contributed by atoms with van der Waals surface area (Å²) >= 11 is 0.